The molecule has 0 unspecified atom stereocenters. The van der Waals surface area contributed by atoms with Crippen molar-refractivity contribution in [3.05, 3.63) is 52.6 Å². The second kappa shape index (κ2) is 5.50. The van der Waals surface area contributed by atoms with Crippen molar-refractivity contribution in [2.24, 2.45) is 0 Å². The third-order valence-electron chi connectivity index (χ3n) is 2.92. The lowest BCUT2D eigenvalue weighted by molar-refractivity contribution is 0.626. The van der Waals surface area contributed by atoms with Crippen molar-refractivity contribution in [2.45, 2.75) is 6.42 Å². The molecule has 0 radical (unpaired) electrons. The summed E-state index contributed by atoms with van der Waals surface area (Å²) in [5.74, 6) is 0.921. The first-order valence-corrected chi connectivity index (χ1v) is 7.36. The normalized spacial score (nSPS) is 11.2. The molecule has 0 aliphatic rings. The molecule has 3 aromatic rings. The number of rotatable bonds is 3. The first kappa shape index (κ1) is 13.5. The summed E-state index contributed by atoms with van der Waals surface area (Å²) in [4.78, 5) is 8.91. The number of pyridine rings is 1. The highest BCUT2D eigenvalue weighted by molar-refractivity contribution is 9.10. The van der Waals surface area contributed by atoms with Gasteiger partial charge in [0.2, 0.25) is 0 Å². The number of aryl methyl sites for hydroxylation is 1. The Morgan fingerprint density at radius 2 is 2.15 bits per heavy atom. The van der Waals surface area contributed by atoms with E-state index in [1.54, 1.807) is 12.3 Å². The Bertz CT molecular complexity index is 772. The molecule has 0 spiro atoms. The molecule has 0 aliphatic heterocycles. The molecule has 0 bridgehead atoms. The minimum Gasteiger partial charge on any atom is -0.281 e. The topological polar surface area (TPSA) is 30.7 Å². The molecule has 2 heterocycles. The smallest absolute Gasteiger partial charge is 0.164 e. The number of halogens is 3. The fraction of sp³-hybridized carbons (Fsp3) is 0.143. The number of aromatic nitrogens is 3. The van der Waals surface area contributed by atoms with Gasteiger partial charge in [0.25, 0.3) is 0 Å². The zero-order chi connectivity index (χ0) is 14.1. The van der Waals surface area contributed by atoms with Crippen LogP contribution >= 0.6 is 27.5 Å². The summed E-state index contributed by atoms with van der Waals surface area (Å²) >= 11 is 9.20. The Kier molecular flexibility index (Phi) is 3.72. The lowest BCUT2D eigenvalue weighted by Gasteiger charge is -2.07. The van der Waals surface area contributed by atoms with Crippen molar-refractivity contribution in [1.29, 1.82) is 0 Å². The molecule has 2 aromatic heterocycles. The summed E-state index contributed by atoms with van der Waals surface area (Å²) in [6.45, 7) is 0. The van der Waals surface area contributed by atoms with Gasteiger partial charge >= 0.3 is 0 Å². The van der Waals surface area contributed by atoms with Crippen LogP contribution in [0.25, 0.3) is 16.9 Å². The van der Waals surface area contributed by atoms with E-state index >= 15 is 0 Å². The van der Waals surface area contributed by atoms with Crippen LogP contribution in [-0.2, 0) is 6.42 Å². The maximum absolute atomic E-state index is 13.5. The van der Waals surface area contributed by atoms with E-state index in [9.17, 15) is 4.39 Å². The van der Waals surface area contributed by atoms with Crippen LogP contribution in [0.2, 0.25) is 0 Å². The van der Waals surface area contributed by atoms with Crippen molar-refractivity contribution in [1.82, 2.24) is 14.5 Å². The van der Waals surface area contributed by atoms with Crippen LogP contribution < -0.4 is 0 Å². The van der Waals surface area contributed by atoms with Crippen LogP contribution in [0.3, 0.4) is 0 Å². The molecular weight excluding hydrogens is 345 g/mol. The average Bonchev–Trinajstić information content (AvgIpc) is 2.76. The Hall–Kier alpha value is -1.46. The predicted octanol–water partition coefficient (Wildman–Crippen LogP) is 4.10. The Morgan fingerprint density at radius 1 is 1.30 bits per heavy atom. The fourth-order valence-electron chi connectivity index (χ4n) is 2.13. The summed E-state index contributed by atoms with van der Waals surface area (Å²) in [5.41, 5.74) is 2.14. The average molecular weight is 355 g/mol. The van der Waals surface area contributed by atoms with Crippen LogP contribution in [0.15, 0.2) is 41.0 Å². The molecule has 6 heteroatoms. The number of hydrogen-bond donors (Lipinski definition) is 0. The molecule has 0 N–H and O–H groups in total. The van der Waals surface area contributed by atoms with Crippen molar-refractivity contribution in [3.63, 3.8) is 0 Å². The number of benzene rings is 1. The molecule has 0 fully saturated rings. The number of imidazole rings is 1. The first-order valence-electron chi connectivity index (χ1n) is 6.04. The summed E-state index contributed by atoms with van der Waals surface area (Å²) in [7, 11) is 0. The molecule has 20 heavy (non-hydrogen) atoms. The third kappa shape index (κ3) is 2.43. The van der Waals surface area contributed by atoms with E-state index in [2.05, 4.69) is 25.9 Å². The van der Waals surface area contributed by atoms with Gasteiger partial charge < -0.3 is 0 Å². The van der Waals surface area contributed by atoms with E-state index in [-0.39, 0.29) is 5.82 Å². The number of alkyl halides is 1. The number of fused-ring (bicyclic) bond motifs is 1. The van der Waals surface area contributed by atoms with Gasteiger partial charge in [0.05, 0.1) is 5.69 Å². The quantitative estimate of drug-likeness (QED) is 0.663. The van der Waals surface area contributed by atoms with E-state index in [1.165, 1.54) is 12.1 Å². The van der Waals surface area contributed by atoms with Gasteiger partial charge in [0, 0.05) is 23.0 Å². The standard InChI is InChI=1S/C14H10BrClFN3/c15-9-6-12-14(18-8-9)20(13(19-12)4-5-16)11-3-1-2-10(17)7-11/h1-3,6-8H,4-5H2. The number of hydrogen-bond acceptors (Lipinski definition) is 2. The second-order valence-electron chi connectivity index (χ2n) is 4.28. The van der Waals surface area contributed by atoms with Crippen LogP contribution in [0.5, 0.6) is 0 Å². The minimum absolute atomic E-state index is 0.293. The van der Waals surface area contributed by atoms with E-state index < -0.39 is 0 Å². The summed E-state index contributed by atoms with van der Waals surface area (Å²) < 4.78 is 16.1. The maximum atomic E-state index is 13.5. The van der Waals surface area contributed by atoms with Gasteiger partial charge in [0.1, 0.15) is 17.2 Å². The molecule has 3 nitrogen and oxygen atoms in total. The molecule has 0 atom stereocenters. The van der Waals surface area contributed by atoms with Crippen molar-refractivity contribution in [2.75, 3.05) is 5.88 Å². The first-order chi connectivity index (χ1) is 9.69. The van der Waals surface area contributed by atoms with Gasteiger partial charge in [0.15, 0.2) is 5.65 Å². The Morgan fingerprint density at radius 3 is 2.90 bits per heavy atom. The molecule has 0 saturated heterocycles. The van der Waals surface area contributed by atoms with Gasteiger partial charge in [-0.1, -0.05) is 6.07 Å². The predicted molar refractivity (Wildman–Crippen MR) is 80.9 cm³/mol. The second-order valence-corrected chi connectivity index (χ2v) is 5.57. The van der Waals surface area contributed by atoms with Gasteiger partial charge in [-0.2, -0.15) is 0 Å². The van der Waals surface area contributed by atoms with Gasteiger partial charge in [-0.25, -0.2) is 14.4 Å². The summed E-state index contributed by atoms with van der Waals surface area (Å²) in [5, 5.41) is 0. The van der Waals surface area contributed by atoms with Crippen LogP contribution in [-0.4, -0.2) is 20.4 Å². The highest BCUT2D eigenvalue weighted by Crippen LogP contribution is 2.23. The van der Waals surface area contributed by atoms with E-state index in [0.29, 0.717) is 23.6 Å². The summed E-state index contributed by atoms with van der Waals surface area (Å²) in [6, 6.07) is 8.25. The fourth-order valence-corrected chi connectivity index (χ4v) is 2.61. The zero-order valence-corrected chi connectivity index (χ0v) is 12.7. The molecule has 1 aromatic carbocycles. The maximum Gasteiger partial charge on any atom is 0.164 e. The molecule has 0 saturated carbocycles. The molecule has 0 amide bonds. The zero-order valence-electron chi connectivity index (χ0n) is 10.4. The molecule has 102 valence electrons. The largest absolute Gasteiger partial charge is 0.281 e. The highest BCUT2D eigenvalue weighted by Gasteiger charge is 2.14. The Labute approximate surface area is 128 Å². The lowest BCUT2D eigenvalue weighted by atomic mass is 10.3. The van der Waals surface area contributed by atoms with E-state index in [1.807, 2.05) is 16.7 Å². The third-order valence-corrected chi connectivity index (χ3v) is 3.54. The SMILES string of the molecule is Fc1cccc(-n2c(CCCl)nc3cc(Br)cnc32)c1. The van der Waals surface area contributed by atoms with Gasteiger partial charge in [-0.05, 0) is 40.2 Å². The molecular formula is C14H10BrClFN3. The van der Waals surface area contributed by atoms with E-state index in [4.69, 9.17) is 11.6 Å². The Balaban J connectivity index is 2.28. The molecule has 0 aliphatic carbocycles. The highest BCUT2D eigenvalue weighted by atomic mass is 79.9. The van der Waals surface area contributed by atoms with Crippen molar-refractivity contribution < 1.29 is 4.39 Å². The van der Waals surface area contributed by atoms with Crippen LogP contribution in [0.4, 0.5) is 4.39 Å². The van der Waals surface area contributed by atoms with Gasteiger partial charge in [-0.3, -0.25) is 4.57 Å². The molecule has 3 rings (SSSR count). The number of nitrogens with zero attached hydrogens (tertiary/aromatic N) is 3. The van der Waals surface area contributed by atoms with Crippen LogP contribution in [0.1, 0.15) is 5.82 Å². The summed E-state index contributed by atoms with van der Waals surface area (Å²) in [6.07, 6.45) is 2.29. The van der Waals surface area contributed by atoms with Gasteiger partial charge in [-0.15, -0.1) is 11.6 Å². The van der Waals surface area contributed by atoms with Crippen molar-refractivity contribution >= 4 is 38.7 Å². The van der Waals surface area contributed by atoms with Crippen molar-refractivity contribution in [3.8, 4) is 5.69 Å². The monoisotopic (exact) mass is 353 g/mol. The van der Waals surface area contributed by atoms with Crippen LogP contribution in [0, 0.1) is 5.82 Å². The van der Waals surface area contributed by atoms with E-state index in [0.717, 1.165) is 15.8 Å². The minimum atomic E-state index is -0.293. The lowest BCUT2D eigenvalue weighted by Crippen LogP contribution is -2.03.